The Labute approximate surface area is 161 Å². The largest absolute Gasteiger partial charge is 0.493 e. The van der Waals surface area contributed by atoms with Gasteiger partial charge >= 0.3 is 6.03 Å². The second kappa shape index (κ2) is 11.3. The third-order valence-corrected chi connectivity index (χ3v) is 4.63. The maximum Gasteiger partial charge on any atom is 0.317 e. The van der Waals surface area contributed by atoms with Crippen molar-refractivity contribution in [3.8, 4) is 11.5 Å². The molecule has 1 aliphatic heterocycles. The Hall–Kier alpha value is -2.44. The minimum atomic E-state index is -0.176. The fraction of sp³-hybridized carbons (Fsp3) is 0.600. The lowest BCUT2D eigenvalue weighted by atomic mass is 9.98. The standard InChI is InChI=1S/C20H31N3O4/c1-3-4-11-21-20(25)23-12-7-8-16(14-23)13-22-19(24)15-27-18-10-6-5-9-17(18)26-2/h5-6,9-10,16H,3-4,7-8,11-15H2,1-2H3,(H,21,25)(H,22,24)/t16-/m0/s1. The maximum atomic E-state index is 12.2. The van der Waals surface area contributed by atoms with Crippen molar-refractivity contribution >= 4 is 11.9 Å². The van der Waals surface area contributed by atoms with Crippen LogP contribution < -0.4 is 20.1 Å². The van der Waals surface area contributed by atoms with Gasteiger partial charge in [0.05, 0.1) is 7.11 Å². The minimum Gasteiger partial charge on any atom is -0.493 e. The molecule has 1 aromatic carbocycles. The molecule has 2 N–H and O–H groups in total. The van der Waals surface area contributed by atoms with Crippen molar-refractivity contribution in [1.29, 1.82) is 0 Å². The average Bonchev–Trinajstić information content (AvgIpc) is 2.71. The molecule has 1 atom stereocenters. The number of urea groups is 1. The number of unbranched alkanes of at least 4 members (excludes halogenated alkanes) is 1. The number of hydrogen-bond acceptors (Lipinski definition) is 4. The zero-order valence-corrected chi connectivity index (χ0v) is 16.3. The lowest BCUT2D eigenvalue weighted by molar-refractivity contribution is -0.123. The molecule has 27 heavy (non-hydrogen) atoms. The number of carbonyl (C=O) groups excluding carboxylic acids is 2. The first-order valence-corrected chi connectivity index (χ1v) is 9.69. The van der Waals surface area contributed by atoms with E-state index in [-0.39, 0.29) is 24.5 Å². The molecule has 0 spiro atoms. The van der Waals surface area contributed by atoms with Crippen LogP contribution in [0.5, 0.6) is 11.5 Å². The van der Waals surface area contributed by atoms with E-state index in [4.69, 9.17) is 9.47 Å². The minimum absolute atomic E-state index is 0.000942. The molecule has 7 nitrogen and oxygen atoms in total. The Morgan fingerprint density at radius 2 is 2.00 bits per heavy atom. The summed E-state index contributed by atoms with van der Waals surface area (Å²) in [6.07, 6.45) is 4.02. The van der Waals surface area contributed by atoms with Crippen LogP contribution in [0.25, 0.3) is 0 Å². The van der Waals surface area contributed by atoms with Gasteiger partial charge in [-0.2, -0.15) is 0 Å². The van der Waals surface area contributed by atoms with Crippen LogP contribution in [-0.4, -0.2) is 56.7 Å². The summed E-state index contributed by atoms with van der Waals surface area (Å²) in [7, 11) is 1.56. The van der Waals surface area contributed by atoms with E-state index in [2.05, 4.69) is 17.6 Å². The molecule has 0 aromatic heterocycles. The molecule has 1 saturated heterocycles. The highest BCUT2D eigenvalue weighted by atomic mass is 16.5. The van der Waals surface area contributed by atoms with Gasteiger partial charge in [-0.05, 0) is 37.3 Å². The Bertz CT molecular complexity index is 609. The zero-order valence-electron chi connectivity index (χ0n) is 16.3. The third-order valence-electron chi connectivity index (χ3n) is 4.63. The summed E-state index contributed by atoms with van der Waals surface area (Å²) in [5.41, 5.74) is 0. The molecular formula is C20H31N3O4. The molecule has 1 heterocycles. The highest BCUT2D eigenvalue weighted by Gasteiger charge is 2.23. The number of nitrogens with zero attached hydrogens (tertiary/aromatic N) is 1. The molecule has 1 aromatic rings. The van der Waals surface area contributed by atoms with Crippen LogP contribution in [0.1, 0.15) is 32.6 Å². The number of hydrogen-bond donors (Lipinski definition) is 2. The van der Waals surface area contributed by atoms with Crippen molar-refractivity contribution in [3.05, 3.63) is 24.3 Å². The molecule has 3 amide bonds. The number of piperidine rings is 1. The van der Waals surface area contributed by atoms with Crippen molar-refractivity contribution in [2.24, 2.45) is 5.92 Å². The molecule has 150 valence electrons. The predicted molar refractivity (Wildman–Crippen MR) is 104 cm³/mol. The van der Waals surface area contributed by atoms with Crippen LogP contribution in [0.3, 0.4) is 0 Å². The van der Waals surface area contributed by atoms with E-state index < -0.39 is 0 Å². The summed E-state index contributed by atoms with van der Waals surface area (Å²) in [6, 6.07) is 7.23. The lowest BCUT2D eigenvalue weighted by Crippen LogP contribution is -2.48. The van der Waals surface area contributed by atoms with E-state index in [9.17, 15) is 9.59 Å². The van der Waals surface area contributed by atoms with E-state index >= 15 is 0 Å². The van der Waals surface area contributed by atoms with Crippen LogP contribution in [-0.2, 0) is 4.79 Å². The van der Waals surface area contributed by atoms with Gasteiger partial charge in [0.2, 0.25) is 0 Å². The first-order chi connectivity index (χ1) is 13.1. The van der Waals surface area contributed by atoms with Gasteiger partial charge in [-0.1, -0.05) is 25.5 Å². The summed E-state index contributed by atoms with van der Waals surface area (Å²) < 4.78 is 10.7. The highest BCUT2D eigenvalue weighted by molar-refractivity contribution is 5.77. The normalized spacial score (nSPS) is 16.5. The summed E-state index contributed by atoms with van der Waals surface area (Å²) in [5, 5.41) is 5.86. The van der Waals surface area contributed by atoms with Crippen molar-refractivity contribution in [3.63, 3.8) is 0 Å². The van der Waals surface area contributed by atoms with Crippen LogP contribution in [0.2, 0.25) is 0 Å². The van der Waals surface area contributed by atoms with Crippen LogP contribution in [0, 0.1) is 5.92 Å². The van der Waals surface area contributed by atoms with Crippen LogP contribution in [0.4, 0.5) is 4.79 Å². The molecule has 7 heteroatoms. The molecule has 2 rings (SSSR count). The monoisotopic (exact) mass is 377 g/mol. The number of nitrogens with one attached hydrogen (secondary N) is 2. The SMILES string of the molecule is CCCCNC(=O)N1CCC[C@@H](CNC(=O)COc2ccccc2OC)C1. The van der Waals surface area contributed by atoms with Crippen molar-refractivity contribution in [2.75, 3.05) is 39.9 Å². The average molecular weight is 377 g/mol. The maximum absolute atomic E-state index is 12.2. The quantitative estimate of drug-likeness (QED) is 0.648. The molecule has 1 aliphatic rings. The van der Waals surface area contributed by atoms with Gasteiger partial charge in [0.1, 0.15) is 0 Å². The van der Waals surface area contributed by atoms with E-state index in [1.165, 1.54) is 0 Å². The second-order valence-electron chi connectivity index (χ2n) is 6.78. The van der Waals surface area contributed by atoms with E-state index in [0.29, 0.717) is 31.1 Å². The Morgan fingerprint density at radius 3 is 2.74 bits per heavy atom. The summed E-state index contributed by atoms with van der Waals surface area (Å²) in [4.78, 5) is 26.1. The lowest BCUT2D eigenvalue weighted by Gasteiger charge is -2.32. The molecule has 0 bridgehead atoms. The molecule has 0 aliphatic carbocycles. The number of amides is 3. The summed E-state index contributed by atoms with van der Waals surface area (Å²) in [5.74, 6) is 1.24. The number of ether oxygens (including phenoxy) is 2. The summed E-state index contributed by atoms with van der Waals surface area (Å²) >= 11 is 0. The predicted octanol–water partition coefficient (Wildman–Crippen LogP) is 2.41. The van der Waals surface area contributed by atoms with Crippen molar-refractivity contribution < 1.29 is 19.1 Å². The number of carbonyl (C=O) groups is 2. The zero-order chi connectivity index (χ0) is 19.5. The van der Waals surface area contributed by atoms with Gasteiger partial charge in [-0.25, -0.2) is 4.79 Å². The fourth-order valence-electron chi connectivity index (χ4n) is 3.09. The Balaban J connectivity index is 1.70. The Morgan fingerprint density at radius 1 is 1.22 bits per heavy atom. The molecule has 0 unspecified atom stereocenters. The topological polar surface area (TPSA) is 79.9 Å². The highest BCUT2D eigenvalue weighted by Crippen LogP contribution is 2.25. The van der Waals surface area contributed by atoms with E-state index in [1.807, 2.05) is 17.0 Å². The van der Waals surface area contributed by atoms with Gasteiger partial charge in [-0.3, -0.25) is 4.79 Å². The molecule has 1 fully saturated rings. The Kier molecular flexibility index (Phi) is 8.74. The first-order valence-electron chi connectivity index (χ1n) is 9.69. The van der Waals surface area contributed by atoms with Crippen molar-refractivity contribution in [1.82, 2.24) is 15.5 Å². The smallest absolute Gasteiger partial charge is 0.317 e. The number of benzene rings is 1. The number of para-hydroxylation sites is 2. The van der Waals surface area contributed by atoms with E-state index in [0.717, 1.165) is 32.2 Å². The summed E-state index contributed by atoms with van der Waals surface area (Å²) in [6.45, 7) is 4.75. The molecular weight excluding hydrogens is 346 g/mol. The second-order valence-corrected chi connectivity index (χ2v) is 6.78. The van der Waals surface area contributed by atoms with Gasteiger partial charge in [0, 0.05) is 26.2 Å². The van der Waals surface area contributed by atoms with Gasteiger partial charge < -0.3 is 25.0 Å². The van der Waals surface area contributed by atoms with Crippen LogP contribution >= 0.6 is 0 Å². The van der Waals surface area contributed by atoms with E-state index in [1.54, 1.807) is 19.2 Å². The third kappa shape index (κ3) is 7.00. The van der Waals surface area contributed by atoms with Gasteiger partial charge in [-0.15, -0.1) is 0 Å². The number of rotatable bonds is 9. The van der Waals surface area contributed by atoms with Gasteiger partial charge in [0.15, 0.2) is 18.1 Å². The first kappa shape index (κ1) is 20.9. The number of likely N-dealkylation sites (tertiary alicyclic amines) is 1. The number of methoxy groups -OCH3 is 1. The molecule has 0 saturated carbocycles. The fourth-order valence-corrected chi connectivity index (χ4v) is 3.09. The van der Waals surface area contributed by atoms with Crippen molar-refractivity contribution in [2.45, 2.75) is 32.6 Å². The molecule has 0 radical (unpaired) electrons. The van der Waals surface area contributed by atoms with Gasteiger partial charge in [0.25, 0.3) is 5.91 Å². The van der Waals surface area contributed by atoms with Crippen LogP contribution in [0.15, 0.2) is 24.3 Å².